The number of carbonyl (C=O) groups is 1. The number of carbonyl (C=O) groups excluding carboxylic acids is 1. The largest absolute Gasteiger partial charge is 0.367 e. The number of anilines is 1. The van der Waals surface area contributed by atoms with Crippen molar-refractivity contribution in [3.05, 3.63) is 58.3 Å². The fourth-order valence-electron chi connectivity index (χ4n) is 3.99. The van der Waals surface area contributed by atoms with Crippen LogP contribution in [0.5, 0.6) is 0 Å². The van der Waals surface area contributed by atoms with E-state index < -0.39 is 4.92 Å². The summed E-state index contributed by atoms with van der Waals surface area (Å²) in [5.41, 5.74) is 8.13. The minimum Gasteiger partial charge on any atom is -0.367 e. The van der Waals surface area contributed by atoms with Gasteiger partial charge in [-0.1, -0.05) is 19.3 Å². The summed E-state index contributed by atoms with van der Waals surface area (Å²) in [5.74, 6) is 0.638. The molecule has 0 atom stereocenters. The number of imidazole rings is 1. The molecule has 1 aromatic carbocycles. The highest BCUT2D eigenvalue weighted by atomic mass is 16.6. The van der Waals surface area contributed by atoms with Crippen LogP contribution < -0.4 is 16.4 Å². The number of aromatic nitrogens is 2. The summed E-state index contributed by atoms with van der Waals surface area (Å²) in [6.45, 7) is 0.776. The molecule has 0 spiro atoms. The van der Waals surface area contributed by atoms with Crippen molar-refractivity contribution in [2.24, 2.45) is 5.73 Å². The van der Waals surface area contributed by atoms with Crippen molar-refractivity contribution in [2.75, 3.05) is 18.4 Å². The maximum atomic E-state index is 12.3. The van der Waals surface area contributed by atoms with Crippen LogP contribution in [-0.4, -0.2) is 39.3 Å². The first-order valence-electron chi connectivity index (χ1n) is 10.6. The molecule has 1 saturated carbocycles. The van der Waals surface area contributed by atoms with Crippen molar-refractivity contribution in [1.82, 2.24) is 14.7 Å². The number of nitro groups is 1. The Morgan fingerprint density at radius 2 is 1.94 bits per heavy atom. The molecule has 9 nitrogen and oxygen atoms in total. The van der Waals surface area contributed by atoms with Crippen molar-refractivity contribution < 1.29 is 9.72 Å². The first-order valence-corrected chi connectivity index (χ1v) is 10.6. The smallest absolute Gasteiger partial charge is 0.269 e. The van der Waals surface area contributed by atoms with E-state index in [4.69, 9.17) is 10.7 Å². The fourth-order valence-corrected chi connectivity index (χ4v) is 3.99. The molecule has 2 aromatic heterocycles. The van der Waals surface area contributed by atoms with E-state index in [1.54, 1.807) is 24.3 Å². The third kappa shape index (κ3) is 4.51. The topological polar surface area (TPSA) is 128 Å². The Balaban J connectivity index is 1.75. The Kier molecular flexibility index (Phi) is 6.13. The molecule has 0 radical (unpaired) electrons. The zero-order valence-electron chi connectivity index (χ0n) is 17.2. The maximum absolute atomic E-state index is 12.3. The van der Waals surface area contributed by atoms with Gasteiger partial charge in [-0.05, 0) is 37.1 Å². The van der Waals surface area contributed by atoms with Crippen LogP contribution in [0.1, 0.15) is 42.5 Å². The summed E-state index contributed by atoms with van der Waals surface area (Å²) in [6.07, 6.45) is 7.64. The first kappa shape index (κ1) is 20.8. The van der Waals surface area contributed by atoms with E-state index in [0.717, 1.165) is 24.2 Å². The number of amides is 1. The van der Waals surface area contributed by atoms with Crippen LogP contribution in [0.2, 0.25) is 0 Å². The van der Waals surface area contributed by atoms with Crippen LogP contribution in [0, 0.1) is 10.1 Å². The van der Waals surface area contributed by atoms with Gasteiger partial charge in [-0.2, -0.15) is 0 Å². The number of nitrogens with two attached hydrogens (primary N) is 1. The molecule has 3 aromatic rings. The van der Waals surface area contributed by atoms with Gasteiger partial charge in [-0.25, -0.2) is 4.98 Å². The Morgan fingerprint density at radius 3 is 2.61 bits per heavy atom. The van der Waals surface area contributed by atoms with Crippen LogP contribution in [0.25, 0.3) is 16.9 Å². The van der Waals surface area contributed by atoms with Gasteiger partial charge in [-0.15, -0.1) is 0 Å². The van der Waals surface area contributed by atoms with Crippen LogP contribution >= 0.6 is 0 Å². The number of pyridine rings is 1. The molecule has 4 rings (SSSR count). The summed E-state index contributed by atoms with van der Waals surface area (Å²) in [7, 11) is 0. The number of nitrogens with one attached hydrogen (secondary N) is 2. The summed E-state index contributed by atoms with van der Waals surface area (Å²) >= 11 is 0. The number of nitrogens with zero attached hydrogens (tertiary/aromatic N) is 3. The third-order valence-corrected chi connectivity index (χ3v) is 5.62. The van der Waals surface area contributed by atoms with Gasteiger partial charge in [0.25, 0.3) is 11.6 Å². The monoisotopic (exact) mass is 422 g/mol. The van der Waals surface area contributed by atoms with E-state index >= 15 is 0 Å². The fraction of sp³-hybridized carbons (Fsp3) is 0.364. The number of rotatable bonds is 7. The van der Waals surface area contributed by atoms with Gasteiger partial charge in [0, 0.05) is 48.6 Å². The van der Waals surface area contributed by atoms with Crippen molar-refractivity contribution >= 4 is 23.1 Å². The lowest BCUT2D eigenvalue weighted by Crippen LogP contribution is -2.29. The lowest BCUT2D eigenvalue weighted by Gasteiger charge is -2.24. The second-order valence-electron chi connectivity index (χ2n) is 7.78. The quantitative estimate of drug-likeness (QED) is 0.396. The van der Waals surface area contributed by atoms with Gasteiger partial charge in [-0.3, -0.25) is 19.3 Å². The highest BCUT2D eigenvalue weighted by molar-refractivity contribution is 5.95. The predicted molar refractivity (Wildman–Crippen MR) is 119 cm³/mol. The molecule has 0 bridgehead atoms. The van der Waals surface area contributed by atoms with Crippen LogP contribution in [0.4, 0.5) is 11.5 Å². The van der Waals surface area contributed by atoms with E-state index in [2.05, 4.69) is 10.6 Å². The minimum absolute atomic E-state index is 0.0353. The summed E-state index contributed by atoms with van der Waals surface area (Å²) in [4.78, 5) is 27.7. The zero-order chi connectivity index (χ0) is 21.8. The summed E-state index contributed by atoms with van der Waals surface area (Å²) in [5, 5.41) is 17.4. The average molecular weight is 422 g/mol. The number of hydrogen-bond donors (Lipinski definition) is 3. The van der Waals surface area contributed by atoms with E-state index in [9.17, 15) is 14.9 Å². The number of hydrogen-bond acceptors (Lipinski definition) is 6. The molecule has 1 aliphatic rings. The van der Waals surface area contributed by atoms with Crippen LogP contribution in [0.15, 0.2) is 42.6 Å². The van der Waals surface area contributed by atoms with Crippen molar-refractivity contribution in [2.45, 2.75) is 38.1 Å². The van der Waals surface area contributed by atoms with E-state index in [1.807, 2.05) is 10.6 Å². The number of benzene rings is 1. The van der Waals surface area contributed by atoms with Crippen LogP contribution in [-0.2, 0) is 0 Å². The zero-order valence-corrected chi connectivity index (χ0v) is 17.2. The van der Waals surface area contributed by atoms with Gasteiger partial charge in [0.1, 0.15) is 17.2 Å². The van der Waals surface area contributed by atoms with Crippen molar-refractivity contribution in [3.63, 3.8) is 0 Å². The second kappa shape index (κ2) is 9.13. The molecular weight excluding hydrogens is 396 g/mol. The van der Waals surface area contributed by atoms with Crippen LogP contribution in [0.3, 0.4) is 0 Å². The standard InChI is InChI=1S/C22H26N6O3/c23-11-12-24-22(29)16-10-13-27-19(14-16)26-20(15-6-8-18(9-7-15)28(30)31)21(27)25-17-4-2-1-3-5-17/h6-10,13-14,17,25H,1-5,11-12,23H2,(H,24,29). The van der Waals surface area contributed by atoms with E-state index in [-0.39, 0.29) is 11.6 Å². The molecule has 0 aliphatic heterocycles. The number of nitro benzene ring substituents is 1. The van der Waals surface area contributed by atoms with Gasteiger partial charge in [0.05, 0.1) is 4.92 Å². The highest BCUT2D eigenvalue weighted by Gasteiger charge is 2.21. The van der Waals surface area contributed by atoms with Crippen molar-refractivity contribution in [3.8, 4) is 11.3 Å². The molecule has 1 fully saturated rings. The van der Waals surface area contributed by atoms with Crippen molar-refractivity contribution in [1.29, 1.82) is 0 Å². The molecule has 1 amide bonds. The Hall–Kier alpha value is -3.46. The second-order valence-corrected chi connectivity index (χ2v) is 7.78. The normalized spacial score (nSPS) is 14.5. The van der Waals surface area contributed by atoms with Gasteiger partial charge >= 0.3 is 0 Å². The lowest BCUT2D eigenvalue weighted by atomic mass is 9.95. The molecule has 0 saturated heterocycles. The first-order chi connectivity index (χ1) is 15.1. The van der Waals surface area contributed by atoms with Gasteiger partial charge < -0.3 is 16.4 Å². The number of fused-ring (bicyclic) bond motifs is 1. The molecule has 31 heavy (non-hydrogen) atoms. The summed E-state index contributed by atoms with van der Waals surface area (Å²) < 4.78 is 1.94. The molecule has 9 heteroatoms. The minimum atomic E-state index is -0.416. The highest BCUT2D eigenvalue weighted by Crippen LogP contribution is 2.32. The Morgan fingerprint density at radius 1 is 1.19 bits per heavy atom. The Bertz CT molecular complexity index is 1090. The molecular formula is C22H26N6O3. The molecule has 2 heterocycles. The SMILES string of the molecule is NCCNC(=O)c1ccn2c(NC3CCCCC3)c(-c3ccc([N+](=O)[O-])cc3)nc2c1. The molecule has 4 N–H and O–H groups in total. The lowest BCUT2D eigenvalue weighted by molar-refractivity contribution is -0.384. The molecule has 0 unspecified atom stereocenters. The molecule has 1 aliphatic carbocycles. The van der Waals surface area contributed by atoms with E-state index in [0.29, 0.717) is 36.0 Å². The average Bonchev–Trinajstić information content (AvgIpc) is 3.15. The van der Waals surface area contributed by atoms with Gasteiger partial charge in [0.2, 0.25) is 0 Å². The molecule has 162 valence electrons. The number of non-ortho nitro benzene ring substituents is 1. The maximum Gasteiger partial charge on any atom is 0.269 e. The Labute approximate surface area is 179 Å². The van der Waals surface area contributed by atoms with Gasteiger partial charge in [0.15, 0.2) is 0 Å². The predicted octanol–water partition coefficient (Wildman–Crippen LogP) is 3.34. The van der Waals surface area contributed by atoms with E-state index in [1.165, 1.54) is 31.4 Å². The third-order valence-electron chi connectivity index (χ3n) is 5.62. The summed E-state index contributed by atoms with van der Waals surface area (Å²) in [6, 6.07) is 10.2.